The van der Waals surface area contributed by atoms with Crippen molar-refractivity contribution in [3.63, 3.8) is 0 Å². The smallest absolute Gasteiger partial charge is 0.236 e. The second-order valence-electron chi connectivity index (χ2n) is 10.0. The number of benzene rings is 1. The summed E-state index contributed by atoms with van der Waals surface area (Å²) in [6.45, 7) is 9.46. The number of fused-ring (bicyclic) bond motifs is 1. The lowest BCUT2D eigenvalue weighted by molar-refractivity contribution is -0.136. The summed E-state index contributed by atoms with van der Waals surface area (Å²) in [4.78, 5) is 31.9. The predicted octanol–water partition coefficient (Wildman–Crippen LogP) is 2.76. The summed E-state index contributed by atoms with van der Waals surface area (Å²) in [5, 5.41) is 3.19. The third kappa shape index (κ3) is 5.90. The van der Waals surface area contributed by atoms with E-state index in [0.29, 0.717) is 19.1 Å². The molecule has 2 fully saturated rings. The van der Waals surface area contributed by atoms with Crippen molar-refractivity contribution >= 4 is 11.8 Å². The van der Waals surface area contributed by atoms with E-state index in [-0.39, 0.29) is 17.9 Å². The first-order chi connectivity index (χ1) is 15.5. The number of nitrogens with one attached hydrogen (secondary N) is 1. The van der Waals surface area contributed by atoms with Crippen LogP contribution >= 0.6 is 0 Å². The van der Waals surface area contributed by atoms with Crippen LogP contribution in [0.3, 0.4) is 0 Å². The monoisotopic (exact) mass is 440 g/mol. The molecule has 2 heterocycles. The third-order valence-corrected chi connectivity index (χ3v) is 7.56. The summed E-state index contributed by atoms with van der Waals surface area (Å²) < 4.78 is 0. The number of carbonyl (C=O) groups is 2. The van der Waals surface area contributed by atoms with Gasteiger partial charge in [-0.2, -0.15) is 0 Å². The molecule has 1 aromatic rings. The van der Waals surface area contributed by atoms with Gasteiger partial charge in [0.25, 0.3) is 0 Å². The Morgan fingerprint density at radius 2 is 1.62 bits per heavy atom. The van der Waals surface area contributed by atoms with E-state index >= 15 is 0 Å². The largest absolute Gasteiger partial charge is 0.348 e. The molecule has 4 rings (SSSR count). The fourth-order valence-corrected chi connectivity index (χ4v) is 5.45. The van der Waals surface area contributed by atoms with Crippen molar-refractivity contribution in [2.75, 3.05) is 45.8 Å². The predicted molar refractivity (Wildman–Crippen MR) is 128 cm³/mol. The lowest BCUT2D eigenvalue weighted by Crippen LogP contribution is -2.53. The van der Waals surface area contributed by atoms with Crippen LogP contribution in [0.25, 0.3) is 0 Å². The van der Waals surface area contributed by atoms with Gasteiger partial charge in [0, 0.05) is 38.8 Å². The van der Waals surface area contributed by atoms with E-state index in [4.69, 9.17) is 0 Å². The second-order valence-corrected chi connectivity index (χ2v) is 10.0. The average Bonchev–Trinajstić information content (AvgIpc) is 2.80. The Kier molecular flexibility index (Phi) is 7.84. The molecule has 0 saturated carbocycles. The molecule has 6 heteroatoms. The summed E-state index contributed by atoms with van der Waals surface area (Å²) in [6.07, 6.45) is 8.39. The number of nitrogens with zero attached hydrogens (tertiary/aromatic N) is 3. The molecule has 2 atom stereocenters. The molecule has 0 radical (unpaired) electrons. The minimum absolute atomic E-state index is 0.0279. The lowest BCUT2D eigenvalue weighted by Gasteiger charge is -2.38. The number of likely N-dealkylation sites (tertiary alicyclic amines) is 1. The van der Waals surface area contributed by atoms with Gasteiger partial charge in [-0.15, -0.1) is 0 Å². The maximum Gasteiger partial charge on any atom is 0.236 e. The molecule has 32 heavy (non-hydrogen) atoms. The summed E-state index contributed by atoms with van der Waals surface area (Å²) in [6, 6.07) is 7.11. The molecule has 1 aliphatic carbocycles. The van der Waals surface area contributed by atoms with Gasteiger partial charge < -0.3 is 10.2 Å². The van der Waals surface area contributed by atoms with Crippen molar-refractivity contribution in [3.8, 4) is 0 Å². The van der Waals surface area contributed by atoms with Gasteiger partial charge in [-0.1, -0.05) is 18.2 Å². The molecule has 176 valence electrons. The van der Waals surface area contributed by atoms with Crippen LogP contribution in [0, 0.1) is 0 Å². The molecule has 2 amide bonds. The number of piperidine rings is 1. The number of rotatable bonds is 6. The zero-order valence-corrected chi connectivity index (χ0v) is 19.9. The Morgan fingerprint density at radius 3 is 2.34 bits per heavy atom. The Hall–Kier alpha value is -1.92. The van der Waals surface area contributed by atoms with E-state index in [0.717, 1.165) is 52.0 Å². The Labute approximate surface area is 193 Å². The van der Waals surface area contributed by atoms with E-state index < -0.39 is 0 Å². The standard InChI is InChI=1S/C26H40N4O2/c1-20-7-5-6-12-30(20)26(32)19-29-15-13-28(14-16-29)18-25(31)27-21(2)23-11-10-22-8-3-4-9-24(22)17-23/h10-11,17,20-21H,3-9,12-16,18-19H2,1-2H3,(H,27,31)/t20-,21-/m0/s1. The number of piperazine rings is 1. The highest BCUT2D eigenvalue weighted by molar-refractivity contribution is 5.79. The van der Waals surface area contributed by atoms with Gasteiger partial charge in [-0.25, -0.2) is 0 Å². The van der Waals surface area contributed by atoms with Gasteiger partial charge in [0.2, 0.25) is 11.8 Å². The van der Waals surface area contributed by atoms with Gasteiger partial charge in [-0.05, 0) is 75.5 Å². The zero-order chi connectivity index (χ0) is 22.5. The van der Waals surface area contributed by atoms with Gasteiger partial charge in [0.15, 0.2) is 0 Å². The van der Waals surface area contributed by atoms with E-state index in [2.05, 4.69) is 52.1 Å². The topological polar surface area (TPSA) is 55.9 Å². The number of amides is 2. The second kappa shape index (κ2) is 10.8. The van der Waals surface area contributed by atoms with E-state index in [1.807, 2.05) is 0 Å². The van der Waals surface area contributed by atoms with Gasteiger partial charge in [0.1, 0.15) is 0 Å². The van der Waals surface area contributed by atoms with Crippen LogP contribution in [0.1, 0.15) is 68.7 Å². The van der Waals surface area contributed by atoms with Crippen LogP contribution in [-0.2, 0) is 22.4 Å². The summed E-state index contributed by atoms with van der Waals surface area (Å²) >= 11 is 0. The number of hydrogen-bond donors (Lipinski definition) is 1. The molecule has 0 spiro atoms. The lowest BCUT2D eigenvalue weighted by atomic mass is 9.89. The van der Waals surface area contributed by atoms with Crippen LogP contribution in [0.5, 0.6) is 0 Å². The Morgan fingerprint density at radius 1 is 0.938 bits per heavy atom. The van der Waals surface area contributed by atoms with Crippen LogP contribution in [0.15, 0.2) is 18.2 Å². The molecule has 6 nitrogen and oxygen atoms in total. The highest BCUT2D eigenvalue weighted by Crippen LogP contribution is 2.24. The maximum atomic E-state index is 12.7. The molecule has 1 N–H and O–H groups in total. The van der Waals surface area contributed by atoms with Gasteiger partial charge in [0.05, 0.1) is 19.1 Å². The zero-order valence-electron chi connectivity index (χ0n) is 19.9. The summed E-state index contributed by atoms with van der Waals surface area (Å²) in [5.41, 5.74) is 4.14. The van der Waals surface area contributed by atoms with Crippen molar-refractivity contribution < 1.29 is 9.59 Å². The SMILES string of the molecule is C[C@H](NC(=O)CN1CCN(CC(=O)N2CCCC[C@@H]2C)CC1)c1ccc2c(c1)CCCC2. The van der Waals surface area contributed by atoms with Gasteiger partial charge >= 0.3 is 0 Å². The van der Waals surface area contributed by atoms with Crippen molar-refractivity contribution in [2.45, 2.75) is 70.9 Å². The fourth-order valence-electron chi connectivity index (χ4n) is 5.45. The summed E-state index contributed by atoms with van der Waals surface area (Å²) in [7, 11) is 0. The van der Waals surface area contributed by atoms with Crippen LogP contribution in [0.2, 0.25) is 0 Å². The summed E-state index contributed by atoms with van der Waals surface area (Å²) in [5.74, 6) is 0.351. The van der Waals surface area contributed by atoms with E-state index in [1.165, 1.54) is 42.4 Å². The van der Waals surface area contributed by atoms with Crippen molar-refractivity contribution in [3.05, 3.63) is 34.9 Å². The van der Waals surface area contributed by atoms with E-state index in [9.17, 15) is 9.59 Å². The van der Waals surface area contributed by atoms with E-state index in [1.54, 1.807) is 0 Å². The minimum Gasteiger partial charge on any atom is -0.348 e. The molecular weight excluding hydrogens is 400 g/mol. The molecule has 0 bridgehead atoms. The van der Waals surface area contributed by atoms with Gasteiger partial charge in [-0.3, -0.25) is 19.4 Å². The van der Waals surface area contributed by atoms with Crippen molar-refractivity contribution in [1.29, 1.82) is 0 Å². The fraction of sp³-hybridized carbons (Fsp3) is 0.692. The first-order valence-corrected chi connectivity index (χ1v) is 12.6. The van der Waals surface area contributed by atoms with Crippen molar-refractivity contribution in [1.82, 2.24) is 20.0 Å². The Balaban J connectivity index is 1.19. The first kappa shape index (κ1) is 23.2. The molecule has 2 aliphatic heterocycles. The highest BCUT2D eigenvalue weighted by Gasteiger charge is 2.27. The normalized spacial score (nSPS) is 23.4. The third-order valence-electron chi connectivity index (χ3n) is 7.56. The highest BCUT2D eigenvalue weighted by atomic mass is 16.2. The molecule has 0 unspecified atom stereocenters. The maximum absolute atomic E-state index is 12.7. The number of hydrogen-bond acceptors (Lipinski definition) is 4. The van der Waals surface area contributed by atoms with Crippen molar-refractivity contribution in [2.24, 2.45) is 0 Å². The van der Waals surface area contributed by atoms with Crippen LogP contribution in [0.4, 0.5) is 0 Å². The number of aryl methyl sites for hydroxylation is 2. The quantitative estimate of drug-likeness (QED) is 0.739. The number of carbonyl (C=O) groups excluding carboxylic acids is 2. The van der Waals surface area contributed by atoms with Crippen LogP contribution in [-0.4, -0.2) is 78.4 Å². The minimum atomic E-state index is 0.0279. The molecular formula is C26H40N4O2. The molecule has 1 aromatic carbocycles. The molecule has 2 saturated heterocycles. The van der Waals surface area contributed by atoms with Crippen LogP contribution < -0.4 is 5.32 Å². The Bertz CT molecular complexity index is 803. The first-order valence-electron chi connectivity index (χ1n) is 12.6. The molecule has 3 aliphatic rings. The molecule has 0 aromatic heterocycles. The average molecular weight is 441 g/mol.